The van der Waals surface area contributed by atoms with E-state index in [9.17, 15) is 9.59 Å². The third-order valence-electron chi connectivity index (χ3n) is 2.82. The van der Waals surface area contributed by atoms with Crippen LogP contribution in [0, 0.1) is 0 Å². The summed E-state index contributed by atoms with van der Waals surface area (Å²) in [6.07, 6.45) is 0. The van der Waals surface area contributed by atoms with Gasteiger partial charge in [0.2, 0.25) is 0 Å². The summed E-state index contributed by atoms with van der Waals surface area (Å²) in [4.78, 5) is 26.7. The number of hydrogen-bond donors (Lipinski definition) is 1. The van der Waals surface area contributed by atoms with Crippen LogP contribution >= 0.6 is 0 Å². The molecule has 1 heterocycles. The number of hydrogen-bond acceptors (Lipinski definition) is 4. The van der Waals surface area contributed by atoms with Crippen molar-refractivity contribution in [2.75, 3.05) is 7.11 Å². The molecule has 2 rings (SSSR count). The molecule has 1 aromatic carbocycles. The van der Waals surface area contributed by atoms with Gasteiger partial charge in [0.25, 0.3) is 5.91 Å². The summed E-state index contributed by atoms with van der Waals surface area (Å²) < 4.78 is 4.68. The number of nitrogens with zero attached hydrogens (tertiary/aromatic N) is 1. The first kappa shape index (κ1) is 11.3. The molecule has 1 amide bonds. The zero-order chi connectivity index (χ0) is 12.6. The highest BCUT2D eigenvalue weighted by molar-refractivity contribution is 6.14. The lowest BCUT2D eigenvalue weighted by molar-refractivity contribution is -0.142. The average molecular weight is 232 g/mol. The van der Waals surface area contributed by atoms with Gasteiger partial charge in [-0.25, -0.2) is 4.99 Å². The van der Waals surface area contributed by atoms with Crippen molar-refractivity contribution in [1.82, 2.24) is 0 Å². The van der Waals surface area contributed by atoms with E-state index in [-0.39, 0.29) is 11.7 Å². The summed E-state index contributed by atoms with van der Waals surface area (Å²) in [7, 11) is 1.32. The van der Waals surface area contributed by atoms with E-state index in [1.165, 1.54) is 7.11 Å². The van der Waals surface area contributed by atoms with Crippen molar-refractivity contribution < 1.29 is 14.3 Å². The number of rotatable bonds is 2. The Morgan fingerprint density at radius 2 is 2.18 bits per heavy atom. The first-order valence-corrected chi connectivity index (χ1v) is 5.16. The Labute approximate surface area is 97.6 Å². The molecule has 0 radical (unpaired) electrons. The van der Waals surface area contributed by atoms with E-state index in [0.29, 0.717) is 16.1 Å². The number of fused-ring (bicyclic) bond motifs is 1. The van der Waals surface area contributed by atoms with Gasteiger partial charge in [-0.05, 0) is 18.6 Å². The van der Waals surface area contributed by atoms with Crippen LogP contribution in [0.3, 0.4) is 0 Å². The lowest BCUT2D eigenvalue weighted by atomic mass is 9.98. The predicted octanol–water partition coefficient (Wildman–Crippen LogP) is -0.810. The van der Waals surface area contributed by atoms with Crippen LogP contribution in [0.15, 0.2) is 23.2 Å². The van der Waals surface area contributed by atoms with E-state index < -0.39 is 11.8 Å². The second-order valence-corrected chi connectivity index (χ2v) is 3.82. The van der Waals surface area contributed by atoms with Crippen molar-refractivity contribution in [1.29, 1.82) is 0 Å². The van der Waals surface area contributed by atoms with Gasteiger partial charge in [-0.2, -0.15) is 0 Å². The fraction of sp³-hybridized carbons (Fsp3) is 0.250. The normalized spacial score (nSPS) is 15.2. The number of carbonyl (C=O) groups is 2. The molecule has 1 unspecified atom stereocenters. The lowest BCUT2D eigenvalue weighted by Crippen LogP contribution is -2.32. The molecule has 2 N–H and O–H groups in total. The maximum Gasteiger partial charge on any atom is 0.312 e. The van der Waals surface area contributed by atoms with E-state index in [0.717, 1.165) is 0 Å². The molecule has 0 saturated carbocycles. The van der Waals surface area contributed by atoms with Crippen molar-refractivity contribution in [3.8, 4) is 0 Å². The van der Waals surface area contributed by atoms with Crippen LogP contribution in [0.2, 0.25) is 0 Å². The predicted molar refractivity (Wildman–Crippen MR) is 60.3 cm³/mol. The van der Waals surface area contributed by atoms with Crippen LogP contribution < -0.4 is 16.3 Å². The third kappa shape index (κ3) is 1.69. The zero-order valence-corrected chi connectivity index (χ0v) is 9.56. The average Bonchev–Trinajstić information content (AvgIpc) is 2.63. The number of benzene rings is 1. The number of methoxy groups -OCH3 is 1. The number of ether oxygens (including phenoxy) is 1. The summed E-state index contributed by atoms with van der Waals surface area (Å²) in [6, 6.07) is 5.19. The number of carbonyl (C=O) groups excluding carboxylic acids is 2. The third-order valence-corrected chi connectivity index (χ3v) is 2.82. The molecule has 1 aliphatic rings. The van der Waals surface area contributed by atoms with Crippen LogP contribution in [0.5, 0.6) is 0 Å². The Morgan fingerprint density at radius 3 is 2.82 bits per heavy atom. The van der Waals surface area contributed by atoms with Gasteiger partial charge in [-0.1, -0.05) is 12.1 Å². The minimum absolute atomic E-state index is 0.0892. The minimum atomic E-state index is -0.477. The molecule has 0 aromatic heterocycles. The molecule has 0 aliphatic carbocycles. The van der Waals surface area contributed by atoms with E-state index >= 15 is 0 Å². The molecule has 1 atom stereocenters. The highest BCUT2D eigenvalue weighted by Crippen LogP contribution is 2.12. The van der Waals surface area contributed by atoms with Crippen molar-refractivity contribution in [2.24, 2.45) is 10.7 Å². The molecule has 0 bridgehead atoms. The summed E-state index contributed by atoms with van der Waals surface area (Å²) in [5.41, 5.74) is 6.45. The quantitative estimate of drug-likeness (QED) is 0.676. The highest BCUT2D eigenvalue weighted by atomic mass is 16.5. The van der Waals surface area contributed by atoms with E-state index in [2.05, 4.69) is 9.73 Å². The first-order chi connectivity index (χ1) is 8.06. The minimum Gasteiger partial charge on any atom is -0.469 e. The molecule has 5 nitrogen and oxygen atoms in total. The van der Waals surface area contributed by atoms with Gasteiger partial charge in [0.1, 0.15) is 5.70 Å². The Hall–Kier alpha value is -2.17. The number of esters is 1. The molecule has 0 fully saturated rings. The van der Waals surface area contributed by atoms with E-state index in [1.807, 2.05) is 0 Å². The maximum absolute atomic E-state index is 11.5. The monoisotopic (exact) mass is 232 g/mol. The van der Waals surface area contributed by atoms with Crippen molar-refractivity contribution >= 4 is 17.6 Å². The van der Waals surface area contributed by atoms with Crippen LogP contribution in [0.25, 0.3) is 5.70 Å². The largest absolute Gasteiger partial charge is 0.469 e. The van der Waals surface area contributed by atoms with Gasteiger partial charge < -0.3 is 10.5 Å². The molecular weight excluding hydrogens is 220 g/mol. The second kappa shape index (κ2) is 4.01. The van der Waals surface area contributed by atoms with Gasteiger partial charge in [0, 0.05) is 5.22 Å². The second-order valence-electron chi connectivity index (χ2n) is 3.82. The summed E-state index contributed by atoms with van der Waals surface area (Å²) in [5, 5.41) is 1.07. The van der Waals surface area contributed by atoms with Gasteiger partial charge >= 0.3 is 5.97 Å². The van der Waals surface area contributed by atoms with Gasteiger partial charge in [0.15, 0.2) is 0 Å². The summed E-state index contributed by atoms with van der Waals surface area (Å²) in [5.74, 6) is -1.30. The standard InChI is InChI=1S/C12H12N2O3/c1-6(12(16)17-2)7-4-3-5-8-9(7)10(13)11(15)14-8/h3-6H,1-2H3,(H2,13,14,15). The Morgan fingerprint density at radius 1 is 1.47 bits per heavy atom. The van der Waals surface area contributed by atoms with Gasteiger partial charge in [-0.3, -0.25) is 9.59 Å². The smallest absolute Gasteiger partial charge is 0.312 e. The Balaban J connectivity index is 2.69. The summed E-state index contributed by atoms with van der Waals surface area (Å²) in [6.45, 7) is 1.71. The topological polar surface area (TPSA) is 81.8 Å². The fourth-order valence-electron chi connectivity index (χ4n) is 1.89. The molecule has 17 heavy (non-hydrogen) atoms. The SMILES string of the molecule is COC(=O)C(C)c1cccc2c1=C(N)C(=O)N=2. The van der Waals surface area contributed by atoms with Crippen LogP contribution in [-0.2, 0) is 14.3 Å². The molecule has 0 spiro atoms. The Kier molecular flexibility index (Phi) is 2.67. The summed E-state index contributed by atoms with van der Waals surface area (Å²) >= 11 is 0. The van der Waals surface area contributed by atoms with Crippen molar-refractivity contribution in [3.05, 3.63) is 34.3 Å². The molecule has 1 aromatic rings. The van der Waals surface area contributed by atoms with Crippen molar-refractivity contribution in [3.63, 3.8) is 0 Å². The van der Waals surface area contributed by atoms with E-state index in [1.54, 1.807) is 25.1 Å². The zero-order valence-electron chi connectivity index (χ0n) is 9.56. The molecular formula is C12H12N2O3. The molecule has 1 aliphatic heterocycles. The van der Waals surface area contributed by atoms with Crippen LogP contribution in [-0.4, -0.2) is 19.0 Å². The highest BCUT2D eigenvalue weighted by Gasteiger charge is 2.22. The van der Waals surface area contributed by atoms with E-state index in [4.69, 9.17) is 5.73 Å². The Bertz CT molecular complexity index is 619. The lowest BCUT2D eigenvalue weighted by Gasteiger charge is -2.09. The molecule has 88 valence electrons. The first-order valence-electron chi connectivity index (χ1n) is 5.16. The van der Waals surface area contributed by atoms with Crippen LogP contribution in [0.1, 0.15) is 18.4 Å². The van der Waals surface area contributed by atoms with Gasteiger partial charge in [-0.15, -0.1) is 0 Å². The van der Waals surface area contributed by atoms with Crippen molar-refractivity contribution in [2.45, 2.75) is 12.8 Å². The number of nitrogens with two attached hydrogens (primary N) is 1. The molecule has 0 saturated heterocycles. The maximum atomic E-state index is 11.5. The fourth-order valence-corrected chi connectivity index (χ4v) is 1.89. The van der Waals surface area contributed by atoms with Gasteiger partial charge in [0.05, 0.1) is 18.4 Å². The number of amides is 1. The molecule has 5 heteroatoms. The van der Waals surface area contributed by atoms with Crippen LogP contribution in [0.4, 0.5) is 0 Å².